The van der Waals surface area contributed by atoms with Gasteiger partial charge in [-0.25, -0.2) is 4.98 Å². The normalized spacial score (nSPS) is 10.5. The highest BCUT2D eigenvalue weighted by Gasteiger charge is 2.03. The lowest BCUT2D eigenvalue weighted by atomic mass is 10.1. The SMILES string of the molecule is NC(=O)c1ccc(-c2ccc3ccccc3n2)cc1. The molecular formula is C16H12N2O. The van der Waals surface area contributed by atoms with Crippen LogP contribution in [-0.4, -0.2) is 10.9 Å². The Morgan fingerprint density at radius 2 is 1.63 bits per heavy atom. The number of pyridine rings is 1. The van der Waals surface area contributed by atoms with E-state index in [-0.39, 0.29) is 0 Å². The molecule has 0 saturated carbocycles. The van der Waals surface area contributed by atoms with Gasteiger partial charge in [0.1, 0.15) is 0 Å². The molecule has 1 amide bonds. The summed E-state index contributed by atoms with van der Waals surface area (Å²) in [5, 5.41) is 1.11. The first kappa shape index (κ1) is 11.4. The summed E-state index contributed by atoms with van der Waals surface area (Å²) in [6, 6.07) is 19.1. The van der Waals surface area contributed by atoms with Gasteiger partial charge in [0.15, 0.2) is 0 Å². The van der Waals surface area contributed by atoms with Crippen molar-refractivity contribution in [2.75, 3.05) is 0 Å². The van der Waals surface area contributed by atoms with Crippen LogP contribution in [0.5, 0.6) is 0 Å². The second kappa shape index (κ2) is 4.53. The molecular weight excluding hydrogens is 236 g/mol. The van der Waals surface area contributed by atoms with Crippen molar-refractivity contribution in [3.8, 4) is 11.3 Å². The second-order valence-corrected chi connectivity index (χ2v) is 4.33. The Labute approximate surface area is 110 Å². The summed E-state index contributed by atoms with van der Waals surface area (Å²) in [6.07, 6.45) is 0. The van der Waals surface area contributed by atoms with Crippen molar-refractivity contribution < 1.29 is 4.79 Å². The summed E-state index contributed by atoms with van der Waals surface area (Å²) in [4.78, 5) is 15.6. The van der Waals surface area contributed by atoms with Gasteiger partial charge in [0.25, 0.3) is 0 Å². The van der Waals surface area contributed by atoms with E-state index in [1.54, 1.807) is 12.1 Å². The molecule has 0 spiro atoms. The summed E-state index contributed by atoms with van der Waals surface area (Å²) in [6.45, 7) is 0. The smallest absolute Gasteiger partial charge is 0.248 e. The van der Waals surface area contributed by atoms with E-state index < -0.39 is 5.91 Å². The van der Waals surface area contributed by atoms with Gasteiger partial charge in [-0.3, -0.25) is 4.79 Å². The molecule has 0 radical (unpaired) electrons. The molecule has 3 aromatic rings. The minimum Gasteiger partial charge on any atom is -0.366 e. The van der Waals surface area contributed by atoms with Crippen LogP contribution in [0.15, 0.2) is 60.7 Å². The molecule has 0 bridgehead atoms. The fourth-order valence-corrected chi connectivity index (χ4v) is 2.03. The predicted octanol–water partition coefficient (Wildman–Crippen LogP) is 3.00. The number of nitrogens with two attached hydrogens (primary N) is 1. The first-order chi connectivity index (χ1) is 9.24. The van der Waals surface area contributed by atoms with Crippen molar-refractivity contribution in [2.24, 2.45) is 5.73 Å². The van der Waals surface area contributed by atoms with Crippen molar-refractivity contribution in [1.82, 2.24) is 4.98 Å². The molecule has 3 nitrogen and oxygen atoms in total. The van der Waals surface area contributed by atoms with E-state index in [0.717, 1.165) is 22.2 Å². The molecule has 0 unspecified atom stereocenters. The van der Waals surface area contributed by atoms with E-state index in [4.69, 9.17) is 5.73 Å². The quantitative estimate of drug-likeness (QED) is 0.758. The number of fused-ring (bicyclic) bond motifs is 1. The van der Waals surface area contributed by atoms with E-state index in [0.29, 0.717) is 5.56 Å². The van der Waals surface area contributed by atoms with Gasteiger partial charge in [-0.1, -0.05) is 36.4 Å². The van der Waals surface area contributed by atoms with Gasteiger partial charge in [0.05, 0.1) is 11.2 Å². The van der Waals surface area contributed by atoms with Crippen LogP contribution in [0, 0.1) is 0 Å². The van der Waals surface area contributed by atoms with Gasteiger partial charge < -0.3 is 5.73 Å². The van der Waals surface area contributed by atoms with Crippen LogP contribution in [0.2, 0.25) is 0 Å². The molecule has 2 N–H and O–H groups in total. The van der Waals surface area contributed by atoms with Crippen molar-refractivity contribution in [3.63, 3.8) is 0 Å². The highest BCUT2D eigenvalue weighted by molar-refractivity contribution is 5.93. The number of benzene rings is 2. The number of rotatable bonds is 2. The molecule has 0 saturated heterocycles. The third-order valence-corrected chi connectivity index (χ3v) is 3.06. The van der Waals surface area contributed by atoms with Gasteiger partial charge in [0, 0.05) is 16.5 Å². The summed E-state index contributed by atoms with van der Waals surface area (Å²) < 4.78 is 0. The highest BCUT2D eigenvalue weighted by atomic mass is 16.1. The van der Waals surface area contributed by atoms with Crippen LogP contribution in [0.1, 0.15) is 10.4 Å². The first-order valence-electron chi connectivity index (χ1n) is 6.00. The second-order valence-electron chi connectivity index (χ2n) is 4.33. The number of carbonyl (C=O) groups excluding carboxylic acids is 1. The molecule has 0 aliphatic rings. The van der Waals surface area contributed by atoms with E-state index >= 15 is 0 Å². The summed E-state index contributed by atoms with van der Waals surface area (Å²) >= 11 is 0. The number of aromatic nitrogens is 1. The molecule has 3 rings (SSSR count). The van der Waals surface area contributed by atoms with E-state index in [1.807, 2.05) is 48.5 Å². The van der Waals surface area contributed by atoms with Crippen LogP contribution in [-0.2, 0) is 0 Å². The average molecular weight is 248 g/mol. The lowest BCUT2D eigenvalue weighted by Crippen LogP contribution is -2.10. The van der Waals surface area contributed by atoms with Crippen LogP contribution in [0.25, 0.3) is 22.2 Å². The van der Waals surface area contributed by atoms with Crippen LogP contribution in [0.3, 0.4) is 0 Å². The molecule has 0 aliphatic heterocycles. The van der Waals surface area contributed by atoms with Crippen molar-refractivity contribution in [1.29, 1.82) is 0 Å². The molecule has 1 aromatic heterocycles. The minimum atomic E-state index is -0.418. The van der Waals surface area contributed by atoms with Crippen LogP contribution >= 0.6 is 0 Å². The number of primary amides is 1. The molecule has 2 aromatic carbocycles. The number of carbonyl (C=O) groups is 1. The lowest BCUT2D eigenvalue weighted by Gasteiger charge is -2.04. The molecule has 0 aliphatic carbocycles. The Kier molecular flexibility index (Phi) is 2.72. The maximum Gasteiger partial charge on any atom is 0.248 e. The van der Waals surface area contributed by atoms with Gasteiger partial charge in [-0.15, -0.1) is 0 Å². The zero-order chi connectivity index (χ0) is 13.2. The first-order valence-corrected chi connectivity index (χ1v) is 6.00. The maximum atomic E-state index is 11.0. The van der Waals surface area contributed by atoms with Gasteiger partial charge in [-0.2, -0.15) is 0 Å². The number of nitrogens with zero attached hydrogens (tertiary/aromatic N) is 1. The van der Waals surface area contributed by atoms with E-state index in [1.165, 1.54) is 0 Å². The highest BCUT2D eigenvalue weighted by Crippen LogP contribution is 2.21. The van der Waals surface area contributed by atoms with Gasteiger partial charge in [0.2, 0.25) is 5.91 Å². The average Bonchev–Trinajstić information content (AvgIpc) is 2.47. The fourth-order valence-electron chi connectivity index (χ4n) is 2.03. The number of para-hydroxylation sites is 1. The van der Waals surface area contributed by atoms with Gasteiger partial charge in [-0.05, 0) is 24.3 Å². The fraction of sp³-hybridized carbons (Fsp3) is 0. The number of amides is 1. The molecule has 1 heterocycles. The summed E-state index contributed by atoms with van der Waals surface area (Å²) in [5.74, 6) is -0.418. The predicted molar refractivity (Wildman–Crippen MR) is 75.7 cm³/mol. The molecule has 19 heavy (non-hydrogen) atoms. The Balaban J connectivity index is 2.06. The number of hydrogen-bond donors (Lipinski definition) is 1. The van der Waals surface area contributed by atoms with E-state index in [9.17, 15) is 4.79 Å². The third kappa shape index (κ3) is 2.18. The third-order valence-electron chi connectivity index (χ3n) is 3.06. The van der Waals surface area contributed by atoms with Crippen molar-refractivity contribution in [3.05, 3.63) is 66.2 Å². The zero-order valence-electron chi connectivity index (χ0n) is 10.2. The minimum absolute atomic E-state index is 0.418. The Hall–Kier alpha value is -2.68. The molecule has 92 valence electrons. The lowest BCUT2D eigenvalue weighted by molar-refractivity contribution is 0.100. The largest absolute Gasteiger partial charge is 0.366 e. The summed E-state index contributed by atoms with van der Waals surface area (Å²) in [5.41, 5.74) is 8.54. The topological polar surface area (TPSA) is 56.0 Å². The maximum absolute atomic E-state index is 11.0. The van der Waals surface area contributed by atoms with Gasteiger partial charge >= 0.3 is 0 Å². The standard InChI is InChI=1S/C16H12N2O/c17-16(19)13-7-5-12(6-8-13)15-10-9-11-3-1-2-4-14(11)18-15/h1-10H,(H2,17,19). The monoisotopic (exact) mass is 248 g/mol. The van der Waals surface area contributed by atoms with Crippen molar-refractivity contribution in [2.45, 2.75) is 0 Å². The van der Waals surface area contributed by atoms with Crippen molar-refractivity contribution >= 4 is 16.8 Å². The zero-order valence-corrected chi connectivity index (χ0v) is 10.2. The number of hydrogen-bond acceptors (Lipinski definition) is 2. The van der Waals surface area contributed by atoms with Crippen LogP contribution in [0.4, 0.5) is 0 Å². The Bertz CT molecular complexity index is 748. The molecule has 0 fully saturated rings. The summed E-state index contributed by atoms with van der Waals surface area (Å²) in [7, 11) is 0. The Morgan fingerprint density at radius 1 is 0.895 bits per heavy atom. The molecule has 0 atom stereocenters. The van der Waals surface area contributed by atoms with E-state index in [2.05, 4.69) is 4.98 Å². The Morgan fingerprint density at radius 3 is 2.37 bits per heavy atom. The van der Waals surface area contributed by atoms with Crippen LogP contribution < -0.4 is 5.73 Å². The molecule has 3 heteroatoms.